The zero-order valence-corrected chi connectivity index (χ0v) is 12.4. The molecule has 5 N–H and O–H groups in total. The summed E-state index contributed by atoms with van der Waals surface area (Å²) in [7, 11) is 0. The maximum Gasteiger partial charge on any atom is 0.193 e. The van der Waals surface area contributed by atoms with Crippen LogP contribution in [-0.2, 0) is 0 Å². The number of rotatable bonds is 5. The number of nitrogens with two attached hydrogens (primary N) is 2. The van der Waals surface area contributed by atoms with Gasteiger partial charge in [-0.15, -0.1) is 0 Å². The van der Waals surface area contributed by atoms with E-state index in [0.717, 1.165) is 6.42 Å². The molecule has 0 bridgehead atoms. The van der Waals surface area contributed by atoms with Crippen LogP contribution in [0.2, 0.25) is 10.0 Å². The first-order valence-electron chi connectivity index (χ1n) is 5.38. The van der Waals surface area contributed by atoms with E-state index in [1.807, 2.05) is 0 Å². The highest BCUT2D eigenvalue weighted by Gasteiger charge is 2.01. The molecular formula is C11H14Cl2N4OS. The lowest BCUT2D eigenvalue weighted by atomic mass is 10.3. The van der Waals surface area contributed by atoms with Crippen molar-refractivity contribution in [3.63, 3.8) is 0 Å². The molecule has 0 aromatic heterocycles. The summed E-state index contributed by atoms with van der Waals surface area (Å²) >= 11 is 12.9. The van der Waals surface area contributed by atoms with Gasteiger partial charge >= 0.3 is 0 Å². The van der Waals surface area contributed by atoms with E-state index in [4.69, 9.17) is 44.8 Å². The van der Waals surface area contributed by atoms with Crippen molar-refractivity contribution < 1.29 is 4.74 Å². The molecule has 8 heteroatoms. The van der Waals surface area contributed by atoms with E-state index in [9.17, 15) is 0 Å². The second-order valence-corrected chi connectivity index (χ2v) is 5.37. The minimum Gasteiger partial charge on any atom is -0.494 e. The van der Waals surface area contributed by atoms with Crippen LogP contribution in [-0.4, -0.2) is 23.5 Å². The molecule has 0 fully saturated rings. The summed E-state index contributed by atoms with van der Waals surface area (Å²) in [6, 6.07) is 5.10. The third-order valence-corrected chi connectivity index (χ3v) is 3.51. The molecule has 5 nitrogen and oxygen atoms in total. The van der Waals surface area contributed by atoms with Gasteiger partial charge in [-0.1, -0.05) is 35.0 Å². The molecule has 0 radical (unpaired) electrons. The van der Waals surface area contributed by atoms with Gasteiger partial charge in [-0.05, 0) is 18.6 Å². The Hall–Kier alpha value is -1.11. The number of aliphatic imine (C=N–C) groups is 1. The van der Waals surface area contributed by atoms with E-state index in [1.165, 1.54) is 11.8 Å². The first-order chi connectivity index (χ1) is 8.99. The fourth-order valence-corrected chi connectivity index (χ4v) is 2.05. The topological polar surface area (TPSA) is 97.5 Å². The zero-order chi connectivity index (χ0) is 14.3. The molecule has 0 spiro atoms. The van der Waals surface area contributed by atoms with Gasteiger partial charge in [0.1, 0.15) is 5.75 Å². The van der Waals surface area contributed by atoms with E-state index in [2.05, 4.69) is 4.99 Å². The lowest BCUT2D eigenvalue weighted by molar-refractivity contribution is 0.319. The van der Waals surface area contributed by atoms with Crippen LogP contribution in [0.1, 0.15) is 6.42 Å². The van der Waals surface area contributed by atoms with Crippen molar-refractivity contribution in [1.29, 1.82) is 5.41 Å². The van der Waals surface area contributed by atoms with Crippen LogP contribution in [0, 0.1) is 5.41 Å². The minimum absolute atomic E-state index is 0.0922. The Labute approximate surface area is 125 Å². The van der Waals surface area contributed by atoms with Crippen LogP contribution in [0.5, 0.6) is 5.75 Å². The molecule has 0 amide bonds. The maximum atomic E-state index is 7.41. The van der Waals surface area contributed by atoms with Gasteiger partial charge in [0.05, 0.1) is 16.7 Å². The Kier molecular flexibility index (Phi) is 6.83. The quantitative estimate of drug-likeness (QED) is 0.441. The van der Waals surface area contributed by atoms with Crippen LogP contribution in [0.3, 0.4) is 0 Å². The molecule has 0 heterocycles. The SMILES string of the molecule is N=C(N=C(N)N)SCCCOc1ccc(Cl)c(Cl)c1. The number of hydrogen-bond acceptors (Lipinski definition) is 3. The number of nitrogens with one attached hydrogen (secondary N) is 1. The number of ether oxygens (including phenoxy) is 1. The predicted octanol–water partition coefficient (Wildman–Crippen LogP) is 2.70. The average Bonchev–Trinajstić information content (AvgIpc) is 2.32. The molecule has 0 atom stereocenters. The molecule has 104 valence electrons. The van der Waals surface area contributed by atoms with E-state index in [0.29, 0.717) is 28.2 Å². The fraction of sp³-hybridized carbons (Fsp3) is 0.273. The summed E-state index contributed by atoms with van der Waals surface area (Å²) in [5.41, 5.74) is 10.3. The Morgan fingerprint density at radius 3 is 2.68 bits per heavy atom. The molecule has 0 aliphatic carbocycles. The normalized spacial score (nSPS) is 10.0. The first-order valence-corrected chi connectivity index (χ1v) is 7.12. The van der Waals surface area contributed by atoms with E-state index < -0.39 is 0 Å². The lowest BCUT2D eigenvalue weighted by Crippen LogP contribution is -2.23. The summed E-state index contributed by atoms with van der Waals surface area (Å²) in [6.07, 6.45) is 0.757. The summed E-state index contributed by atoms with van der Waals surface area (Å²) in [5.74, 6) is 1.25. The number of halogens is 2. The first kappa shape index (κ1) is 15.9. The Bertz CT molecular complexity index is 478. The highest BCUT2D eigenvalue weighted by Crippen LogP contribution is 2.26. The molecule has 0 unspecified atom stereocenters. The molecule has 19 heavy (non-hydrogen) atoms. The lowest BCUT2D eigenvalue weighted by Gasteiger charge is -2.06. The third kappa shape index (κ3) is 6.56. The van der Waals surface area contributed by atoms with Crippen molar-refractivity contribution in [3.8, 4) is 5.75 Å². The van der Waals surface area contributed by atoms with Gasteiger partial charge in [-0.2, -0.15) is 4.99 Å². The van der Waals surface area contributed by atoms with Crippen LogP contribution in [0.25, 0.3) is 0 Å². The minimum atomic E-state index is -0.107. The van der Waals surface area contributed by atoms with E-state index in [1.54, 1.807) is 18.2 Å². The number of benzene rings is 1. The summed E-state index contributed by atoms with van der Waals surface area (Å²) < 4.78 is 5.49. The van der Waals surface area contributed by atoms with Crippen LogP contribution < -0.4 is 16.2 Å². The number of amidine groups is 1. The van der Waals surface area contributed by atoms with Crippen molar-refractivity contribution in [2.45, 2.75) is 6.42 Å². The number of nitrogens with zero attached hydrogens (tertiary/aromatic N) is 1. The smallest absolute Gasteiger partial charge is 0.193 e. The van der Waals surface area contributed by atoms with E-state index in [-0.39, 0.29) is 11.1 Å². The highest BCUT2D eigenvalue weighted by atomic mass is 35.5. The van der Waals surface area contributed by atoms with Gasteiger partial charge in [0.15, 0.2) is 11.1 Å². The zero-order valence-electron chi connectivity index (χ0n) is 10.0. The summed E-state index contributed by atoms with van der Waals surface area (Å²) in [4.78, 5) is 3.60. The van der Waals surface area contributed by atoms with Crippen molar-refractivity contribution in [1.82, 2.24) is 0 Å². The fourth-order valence-electron chi connectivity index (χ4n) is 1.13. The Morgan fingerprint density at radius 2 is 2.05 bits per heavy atom. The maximum absolute atomic E-state index is 7.41. The third-order valence-electron chi connectivity index (χ3n) is 1.92. The Morgan fingerprint density at radius 1 is 1.32 bits per heavy atom. The van der Waals surface area contributed by atoms with Crippen LogP contribution >= 0.6 is 35.0 Å². The molecule has 0 aliphatic heterocycles. The van der Waals surface area contributed by atoms with Gasteiger partial charge in [-0.25, -0.2) is 0 Å². The molecule has 1 aromatic carbocycles. The summed E-state index contributed by atoms with van der Waals surface area (Å²) in [5, 5.41) is 8.46. The number of guanidine groups is 1. The molecular weight excluding hydrogens is 307 g/mol. The predicted molar refractivity (Wildman–Crippen MR) is 82.6 cm³/mol. The van der Waals surface area contributed by atoms with Crippen molar-refractivity contribution >= 4 is 46.1 Å². The van der Waals surface area contributed by atoms with Gasteiger partial charge in [0.2, 0.25) is 0 Å². The standard InChI is InChI=1S/C11H14Cl2N4OS/c12-8-3-2-7(6-9(8)13)18-4-1-5-19-11(16)17-10(14)15/h2-3,6H,1,4-5H2,(H5,14,15,16,17). The molecule has 1 aromatic rings. The Balaban J connectivity index is 2.22. The largest absolute Gasteiger partial charge is 0.494 e. The van der Waals surface area contributed by atoms with Crippen molar-refractivity contribution in [2.75, 3.05) is 12.4 Å². The second kappa shape index (κ2) is 8.14. The van der Waals surface area contributed by atoms with Crippen LogP contribution in [0.15, 0.2) is 23.2 Å². The van der Waals surface area contributed by atoms with Gasteiger partial charge in [0, 0.05) is 11.8 Å². The number of thioether (sulfide) groups is 1. The van der Waals surface area contributed by atoms with Gasteiger partial charge in [0.25, 0.3) is 0 Å². The number of hydrogen-bond donors (Lipinski definition) is 3. The second-order valence-electron chi connectivity index (χ2n) is 3.47. The molecule has 0 saturated heterocycles. The van der Waals surface area contributed by atoms with Crippen molar-refractivity contribution in [3.05, 3.63) is 28.2 Å². The average molecular weight is 321 g/mol. The molecule has 0 aliphatic rings. The monoisotopic (exact) mass is 320 g/mol. The molecule has 1 rings (SSSR count). The van der Waals surface area contributed by atoms with Gasteiger partial charge in [-0.3, -0.25) is 5.41 Å². The molecule has 0 saturated carbocycles. The highest BCUT2D eigenvalue weighted by molar-refractivity contribution is 8.13. The summed E-state index contributed by atoms with van der Waals surface area (Å²) in [6.45, 7) is 0.514. The van der Waals surface area contributed by atoms with Gasteiger partial charge < -0.3 is 16.2 Å². The van der Waals surface area contributed by atoms with E-state index >= 15 is 0 Å². The van der Waals surface area contributed by atoms with Crippen LogP contribution in [0.4, 0.5) is 0 Å². The van der Waals surface area contributed by atoms with Crippen molar-refractivity contribution in [2.24, 2.45) is 16.5 Å².